The van der Waals surface area contributed by atoms with Crippen LogP contribution in [0.2, 0.25) is 10.0 Å². The molecule has 0 unspecified atom stereocenters. The quantitative estimate of drug-likeness (QED) is 0.702. The lowest BCUT2D eigenvalue weighted by Crippen LogP contribution is -2.18. The summed E-state index contributed by atoms with van der Waals surface area (Å²) in [5.74, 6) is 0.544. The number of carbonyl (C=O) groups is 1. The number of anilines is 1. The minimum absolute atomic E-state index is 0.0850. The molecule has 0 fully saturated rings. The summed E-state index contributed by atoms with van der Waals surface area (Å²) in [4.78, 5) is 12.4. The molecule has 0 spiro atoms. The van der Waals surface area contributed by atoms with Crippen LogP contribution in [0.5, 0.6) is 0 Å². The Kier molecular flexibility index (Phi) is 5.41. The van der Waals surface area contributed by atoms with Crippen LogP contribution in [0.15, 0.2) is 54.7 Å². The molecule has 25 heavy (non-hydrogen) atoms. The van der Waals surface area contributed by atoms with Gasteiger partial charge in [-0.3, -0.25) is 4.79 Å². The normalized spacial score (nSPS) is 10.7. The third-order valence-electron chi connectivity index (χ3n) is 3.93. The number of benzene rings is 2. The Labute approximate surface area is 156 Å². The molecule has 0 aliphatic heterocycles. The van der Waals surface area contributed by atoms with E-state index in [1.807, 2.05) is 37.3 Å². The topological polar surface area (TPSA) is 46.9 Å². The molecule has 1 amide bonds. The average Bonchev–Trinajstić information content (AvgIpc) is 2.99. The molecule has 2 aromatic carbocycles. The number of amides is 1. The standard InChI is InChI=1S/C19H17Cl2N3O/c1-13-4-2-3-5-14(13)10-19(25)23-18-8-9-22-24(18)12-15-6-7-16(20)11-17(15)21/h2-9,11H,10,12H2,1H3,(H,23,25). The maximum atomic E-state index is 12.4. The fraction of sp³-hybridized carbons (Fsp3) is 0.158. The van der Waals surface area contributed by atoms with Crippen LogP contribution in [0.25, 0.3) is 0 Å². The molecule has 0 bridgehead atoms. The van der Waals surface area contributed by atoms with E-state index in [0.717, 1.165) is 16.7 Å². The van der Waals surface area contributed by atoms with Gasteiger partial charge in [-0.1, -0.05) is 53.5 Å². The van der Waals surface area contributed by atoms with E-state index in [2.05, 4.69) is 10.4 Å². The molecule has 128 valence electrons. The van der Waals surface area contributed by atoms with Gasteiger partial charge in [0.15, 0.2) is 0 Å². The van der Waals surface area contributed by atoms with Crippen molar-refractivity contribution in [1.29, 1.82) is 0 Å². The summed E-state index contributed by atoms with van der Waals surface area (Å²) in [6.45, 7) is 2.44. The number of aryl methyl sites for hydroxylation is 1. The van der Waals surface area contributed by atoms with Crippen LogP contribution in [-0.4, -0.2) is 15.7 Å². The van der Waals surface area contributed by atoms with Crippen molar-refractivity contribution < 1.29 is 4.79 Å². The van der Waals surface area contributed by atoms with Gasteiger partial charge in [-0.05, 0) is 35.7 Å². The summed E-state index contributed by atoms with van der Waals surface area (Å²) in [5, 5.41) is 8.33. The fourth-order valence-corrected chi connectivity index (χ4v) is 3.01. The van der Waals surface area contributed by atoms with Crippen molar-refractivity contribution in [3.05, 3.63) is 81.5 Å². The van der Waals surface area contributed by atoms with Crippen LogP contribution < -0.4 is 5.32 Å². The molecule has 1 N–H and O–H groups in total. The van der Waals surface area contributed by atoms with Gasteiger partial charge in [0.25, 0.3) is 0 Å². The first-order chi connectivity index (χ1) is 12.0. The summed E-state index contributed by atoms with van der Waals surface area (Å²) in [6.07, 6.45) is 1.97. The number of aromatic nitrogens is 2. The maximum absolute atomic E-state index is 12.4. The highest BCUT2D eigenvalue weighted by atomic mass is 35.5. The van der Waals surface area contributed by atoms with Crippen molar-refractivity contribution in [2.24, 2.45) is 0 Å². The van der Waals surface area contributed by atoms with Crippen molar-refractivity contribution in [2.45, 2.75) is 19.9 Å². The van der Waals surface area contributed by atoms with Gasteiger partial charge in [-0.2, -0.15) is 5.10 Å². The molecule has 0 aliphatic carbocycles. The zero-order chi connectivity index (χ0) is 17.8. The predicted molar refractivity (Wildman–Crippen MR) is 101 cm³/mol. The minimum Gasteiger partial charge on any atom is -0.311 e. The van der Waals surface area contributed by atoms with Gasteiger partial charge in [0.05, 0.1) is 19.2 Å². The average molecular weight is 374 g/mol. The van der Waals surface area contributed by atoms with Gasteiger partial charge in [0, 0.05) is 16.1 Å². The lowest BCUT2D eigenvalue weighted by molar-refractivity contribution is -0.115. The highest BCUT2D eigenvalue weighted by Gasteiger charge is 2.11. The van der Waals surface area contributed by atoms with Gasteiger partial charge >= 0.3 is 0 Å². The van der Waals surface area contributed by atoms with Gasteiger partial charge in [-0.25, -0.2) is 4.68 Å². The number of hydrogen-bond acceptors (Lipinski definition) is 2. The van der Waals surface area contributed by atoms with Crippen molar-refractivity contribution in [3.63, 3.8) is 0 Å². The van der Waals surface area contributed by atoms with Crippen molar-refractivity contribution in [2.75, 3.05) is 5.32 Å². The lowest BCUT2D eigenvalue weighted by atomic mass is 10.1. The van der Waals surface area contributed by atoms with E-state index < -0.39 is 0 Å². The van der Waals surface area contributed by atoms with Crippen LogP contribution in [0, 0.1) is 6.92 Å². The molecule has 4 nitrogen and oxygen atoms in total. The second-order valence-electron chi connectivity index (χ2n) is 5.76. The van der Waals surface area contributed by atoms with E-state index >= 15 is 0 Å². The molecule has 3 rings (SSSR count). The molecule has 6 heteroatoms. The highest BCUT2D eigenvalue weighted by Crippen LogP contribution is 2.22. The second-order valence-corrected chi connectivity index (χ2v) is 6.60. The summed E-state index contributed by atoms with van der Waals surface area (Å²) >= 11 is 12.1. The maximum Gasteiger partial charge on any atom is 0.229 e. The third-order valence-corrected chi connectivity index (χ3v) is 4.52. The minimum atomic E-state index is -0.0850. The van der Waals surface area contributed by atoms with Crippen molar-refractivity contribution in [1.82, 2.24) is 9.78 Å². The van der Waals surface area contributed by atoms with E-state index in [4.69, 9.17) is 23.2 Å². The number of hydrogen-bond donors (Lipinski definition) is 1. The molecule has 0 radical (unpaired) electrons. The van der Waals surface area contributed by atoms with E-state index in [1.54, 1.807) is 29.1 Å². The summed E-state index contributed by atoms with van der Waals surface area (Å²) in [7, 11) is 0. The Morgan fingerprint density at radius 1 is 1.12 bits per heavy atom. The van der Waals surface area contributed by atoms with Crippen LogP contribution in [-0.2, 0) is 17.8 Å². The zero-order valence-corrected chi connectivity index (χ0v) is 15.2. The Morgan fingerprint density at radius 2 is 1.92 bits per heavy atom. The van der Waals surface area contributed by atoms with Gasteiger partial charge in [0.1, 0.15) is 5.82 Å². The molecular formula is C19H17Cl2N3O. The van der Waals surface area contributed by atoms with E-state index in [-0.39, 0.29) is 5.91 Å². The van der Waals surface area contributed by atoms with Crippen LogP contribution >= 0.6 is 23.2 Å². The number of carbonyl (C=O) groups excluding carboxylic acids is 1. The van der Waals surface area contributed by atoms with Crippen LogP contribution in [0.4, 0.5) is 5.82 Å². The van der Waals surface area contributed by atoms with Crippen LogP contribution in [0.1, 0.15) is 16.7 Å². The Bertz CT molecular complexity index is 905. The van der Waals surface area contributed by atoms with E-state index in [0.29, 0.717) is 28.8 Å². The van der Waals surface area contributed by atoms with Gasteiger partial charge < -0.3 is 5.32 Å². The second kappa shape index (κ2) is 7.72. The number of halogens is 2. The fourth-order valence-electron chi connectivity index (χ4n) is 2.54. The zero-order valence-electron chi connectivity index (χ0n) is 13.7. The third kappa shape index (κ3) is 4.41. The summed E-state index contributed by atoms with van der Waals surface area (Å²) < 4.78 is 1.70. The smallest absolute Gasteiger partial charge is 0.229 e. The molecule has 0 aliphatic rings. The first-order valence-corrected chi connectivity index (χ1v) is 8.58. The predicted octanol–water partition coefficient (Wildman–Crippen LogP) is 4.73. The Morgan fingerprint density at radius 3 is 2.68 bits per heavy atom. The van der Waals surface area contributed by atoms with Gasteiger partial charge in [-0.15, -0.1) is 0 Å². The molecule has 0 saturated heterocycles. The van der Waals surface area contributed by atoms with E-state index in [9.17, 15) is 4.79 Å². The Balaban J connectivity index is 1.71. The van der Waals surface area contributed by atoms with Crippen LogP contribution in [0.3, 0.4) is 0 Å². The monoisotopic (exact) mass is 373 g/mol. The molecule has 3 aromatic rings. The first kappa shape index (κ1) is 17.5. The molecule has 0 atom stereocenters. The molecule has 1 aromatic heterocycles. The molecule has 1 heterocycles. The molecular weight excluding hydrogens is 357 g/mol. The first-order valence-electron chi connectivity index (χ1n) is 7.83. The van der Waals surface area contributed by atoms with Gasteiger partial charge in [0.2, 0.25) is 5.91 Å². The number of nitrogens with zero attached hydrogens (tertiary/aromatic N) is 2. The van der Waals surface area contributed by atoms with Crippen molar-refractivity contribution in [3.8, 4) is 0 Å². The van der Waals surface area contributed by atoms with E-state index in [1.165, 1.54) is 0 Å². The number of rotatable bonds is 5. The highest BCUT2D eigenvalue weighted by molar-refractivity contribution is 6.35. The summed E-state index contributed by atoms with van der Waals surface area (Å²) in [5.41, 5.74) is 2.98. The lowest BCUT2D eigenvalue weighted by Gasteiger charge is -2.11. The molecule has 0 saturated carbocycles. The number of nitrogens with one attached hydrogen (secondary N) is 1. The Hall–Kier alpha value is -2.30. The SMILES string of the molecule is Cc1ccccc1CC(=O)Nc1ccnn1Cc1ccc(Cl)cc1Cl. The van der Waals surface area contributed by atoms with Crippen molar-refractivity contribution >= 4 is 34.9 Å². The summed E-state index contributed by atoms with van der Waals surface area (Å²) in [6, 6.07) is 14.9. The largest absolute Gasteiger partial charge is 0.311 e.